The molecule has 0 aromatic rings. The monoisotopic (exact) mass is 508 g/mol. The van der Waals surface area contributed by atoms with Gasteiger partial charge >= 0.3 is 21.7 Å². The Hall–Kier alpha value is 0.554. The van der Waals surface area contributed by atoms with Gasteiger partial charge in [0.1, 0.15) is 0 Å². The fourth-order valence-corrected chi connectivity index (χ4v) is 3.00. The Labute approximate surface area is 224 Å². The average molecular weight is 509 g/mol. The van der Waals surface area contributed by atoms with Gasteiger partial charge in [-0.25, -0.2) is 0 Å². The van der Waals surface area contributed by atoms with Crippen molar-refractivity contribution in [2.24, 2.45) is 0 Å². The van der Waals surface area contributed by atoms with Gasteiger partial charge < -0.3 is 20.4 Å². The molecule has 0 spiro atoms. The Balaban J connectivity index is -0.000000105. The van der Waals surface area contributed by atoms with Crippen molar-refractivity contribution in [3.05, 3.63) is 0 Å². The molecule has 0 atom stereocenters. The molecule has 0 aliphatic rings. The van der Waals surface area contributed by atoms with Crippen molar-refractivity contribution >= 4 is 0 Å². The van der Waals surface area contributed by atoms with Gasteiger partial charge in [0.05, 0.1) is 0 Å². The van der Waals surface area contributed by atoms with E-state index in [-0.39, 0.29) is 21.7 Å². The summed E-state index contributed by atoms with van der Waals surface area (Å²) >= 11 is 0. The van der Waals surface area contributed by atoms with Crippen molar-refractivity contribution in [1.29, 1.82) is 0 Å². The predicted octanol–water partition coefficient (Wildman–Crippen LogP) is 5.26. The van der Waals surface area contributed by atoms with Crippen LogP contribution in [0.5, 0.6) is 0 Å². The maximum absolute atomic E-state index is 11.2. The third-order valence-electron chi connectivity index (χ3n) is 7.73. The summed E-state index contributed by atoms with van der Waals surface area (Å²) in [6.07, 6.45) is 9.17. The van der Waals surface area contributed by atoms with E-state index in [9.17, 15) is 20.4 Å². The Morgan fingerprint density at radius 3 is 0.333 bits per heavy atom. The summed E-state index contributed by atoms with van der Waals surface area (Å²) < 4.78 is 0. The molecule has 0 heterocycles. The Bertz CT molecular complexity index is 267. The number of rotatable bonds is 12. The normalized spacial score (nSPS) is 11.6. The van der Waals surface area contributed by atoms with Crippen molar-refractivity contribution in [3.8, 4) is 0 Å². The average Bonchev–Trinajstić information content (AvgIpc) is 2.87. The summed E-state index contributed by atoms with van der Waals surface area (Å²) in [5.74, 6) is 0. The smallest absolute Gasteiger partial charge is 0.849 e. The van der Waals surface area contributed by atoms with Crippen molar-refractivity contribution < 1.29 is 42.1 Å². The molecule has 0 aliphatic carbocycles. The molecule has 200 valence electrons. The molecule has 0 aromatic carbocycles. The van der Waals surface area contributed by atoms with Crippen LogP contribution in [0.1, 0.15) is 160 Å². The summed E-state index contributed by atoms with van der Waals surface area (Å²) in [6, 6.07) is 0. The van der Waals surface area contributed by atoms with E-state index in [1.807, 2.05) is 83.1 Å². The Kier molecular flexibility index (Phi) is 32.1. The molecule has 0 aromatic heterocycles. The van der Waals surface area contributed by atoms with Crippen LogP contribution in [0.4, 0.5) is 0 Å². The summed E-state index contributed by atoms with van der Waals surface area (Å²) in [7, 11) is 0. The molecule has 33 heavy (non-hydrogen) atoms. The summed E-state index contributed by atoms with van der Waals surface area (Å²) in [4.78, 5) is 0. The first-order chi connectivity index (χ1) is 14.7. The van der Waals surface area contributed by atoms with Crippen LogP contribution >= 0.6 is 0 Å². The van der Waals surface area contributed by atoms with E-state index in [0.717, 1.165) is 77.0 Å². The SMILES string of the molecule is CCC([O-])(CC)CC.CCC([O-])(CC)CC.CCC([O-])(CC)CC.CCC([O-])(CC)CC.[Ti+4]. The van der Waals surface area contributed by atoms with Crippen molar-refractivity contribution in [2.45, 2.75) is 183 Å². The topological polar surface area (TPSA) is 92.2 Å². The largest absolute Gasteiger partial charge is 4.00 e. The Morgan fingerprint density at radius 1 is 0.273 bits per heavy atom. The quantitative estimate of drug-likeness (QED) is 0.336. The van der Waals surface area contributed by atoms with E-state index in [1.54, 1.807) is 0 Å². The first-order valence-electron chi connectivity index (χ1n) is 13.5. The Morgan fingerprint density at radius 2 is 0.333 bits per heavy atom. The number of hydrogen-bond acceptors (Lipinski definition) is 4. The molecule has 5 heteroatoms. The molecule has 0 amide bonds. The fourth-order valence-electron chi connectivity index (χ4n) is 3.00. The molecule has 0 unspecified atom stereocenters. The van der Waals surface area contributed by atoms with E-state index in [1.165, 1.54) is 0 Å². The van der Waals surface area contributed by atoms with Crippen LogP contribution in [0.3, 0.4) is 0 Å². The van der Waals surface area contributed by atoms with Gasteiger partial charge in [-0.1, -0.05) is 160 Å². The zero-order valence-electron chi connectivity index (χ0n) is 24.6. The second-order valence-electron chi connectivity index (χ2n) is 8.97. The van der Waals surface area contributed by atoms with E-state index < -0.39 is 22.4 Å². The van der Waals surface area contributed by atoms with Gasteiger partial charge in [0.2, 0.25) is 0 Å². The van der Waals surface area contributed by atoms with Crippen LogP contribution in [-0.2, 0) is 21.7 Å². The second-order valence-corrected chi connectivity index (χ2v) is 8.97. The minimum atomic E-state index is -0.625. The molecule has 0 fully saturated rings. The van der Waals surface area contributed by atoms with Crippen LogP contribution in [0, 0.1) is 0 Å². The molecule has 0 aliphatic heterocycles. The molecule has 0 rings (SSSR count). The van der Waals surface area contributed by atoms with Crippen molar-refractivity contribution in [3.63, 3.8) is 0 Å². The van der Waals surface area contributed by atoms with Crippen molar-refractivity contribution in [1.82, 2.24) is 0 Å². The molecule has 0 saturated carbocycles. The van der Waals surface area contributed by atoms with Gasteiger partial charge in [0.25, 0.3) is 0 Å². The minimum Gasteiger partial charge on any atom is -0.849 e. The summed E-state index contributed by atoms with van der Waals surface area (Å²) in [5, 5.41) is 44.8. The van der Waals surface area contributed by atoms with E-state index >= 15 is 0 Å². The molecular formula is C28H60O4Ti. The molecule has 0 saturated heterocycles. The van der Waals surface area contributed by atoms with E-state index in [4.69, 9.17) is 0 Å². The first-order valence-corrected chi connectivity index (χ1v) is 13.5. The van der Waals surface area contributed by atoms with Crippen LogP contribution in [0.15, 0.2) is 0 Å². The third kappa shape index (κ3) is 22.7. The van der Waals surface area contributed by atoms with Gasteiger partial charge in [0.15, 0.2) is 0 Å². The summed E-state index contributed by atoms with van der Waals surface area (Å²) in [5.41, 5.74) is -2.50. The minimum absolute atomic E-state index is 0. The second kappa shape index (κ2) is 24.3. The van der Waals surface area contributed by atoms with Gasteiger partial charge in [-0.15, -0.1) is 22.4 Å². The number of hydrogen-bond donors (Lipinski definition) is 0. The van der Waals surface area contributed by atoms with Gasteiger partial charge in [0, 0.05) is 0 Å². The van der Waals surface area contributed by atoms with Crippen LogP contribution < -0.4 is 20.4 Å². The maximum Gasteiger partial charge on any atom is 4.00 e. The van der Waals surface area contributed by atoms with Gasteiger partial charge in [-0.05, 0) is 0 Å². The summed E-state index contributed by atoms with van der Waals surface area (Å²) in [6.45, 7) is 23.5. The molecule has 0 radical (unpaired) electrons. The zero-order chi connectivity index (χ0) is 26.5. The standard InChI is InChI=1S/4C7H15O.Ti/c4*1-4-7(8,5-2)6-3;/h4*4-6H2,1-3H3;/q4*-1;+4. The van der Waals surface area contributed by atoms with E-state index in [2.05, 4.69) is 0 Å². The van der Waals surface area contributed by atoms with Crippen LogP contribution in [0.25, 0.3) is 0 Å². The van der Waals surface area contributed by atoms with Gasteiger partial charge in [-0.2, -0.15) is 0 Å². The van der Waals surface area contributed by atoms with Crippen molar-refractivity contribution in [2.75, 3.05) is 0 Å². The predicted molar refractivity (Wildman–Crippen MR) is 134 cm³/mol. The molecule has 0 bridgehead atoms. The van der Waals surface area contributed by atoms with Gasteiger partial charge in [-0.3, -0.25) is 0 Å². The van der Waals surface area contributed by atoms with Crippen LogP contribution in [0.2, 0.25) is 0 Å². The third-order valence-corrected chi connectivity index (χ3v) is 7.73. The van der Waals surface area contributed by atoms with E-state index in [0.29, 0.717) is 0 Å². The zero-order valence-corrected chi connectivity index (χ0v) is 26.2. The first kappa shape index (κ1) is 43.6. The molecule has 4 nitrogen and oxygen atoms in total. The fraction of sp³-hybridized carbons (Fsp3) is 1.00. The van der Waals surface area contributed by atoms with Crippen LogP contribution in [-0.4, -0.2) is 22.4 Å². The molecular weight excluding hydrogens is 448 g/mol. The maximum atomic E-state index is 11.2. The molecule has 0 N–H and O–H groups in total.